The first kappa shape index (κ1) is 13.1. The van der Waals surface area contributed by atoms with Crippen LogP contribution >= 0.6 is 11.6 Å². The van der Waals surface area contributed by atoms with E-state index in [-0.39, 0.29) is 11.2 Å². The van der Waals surface area contributed by atoms with Gasteiger partial charge in [0.15, 0.2) is 5.69 Å². The Morgan fingerprint density at radius 3 is 2.80 bits per heavy atom. The van der Waals surface area contributed by atoms with Crippen LogP contribution in [0.5, 0.6) is 0 Å². The van der Waals surface area contributed by atoms with Crippen LogP contribution in [0.4, 0.5) is 0 Å². The fraction of sp³-hybridized carbons (Fsp3) is 0.286. The number of hydrogen-bond donors (Lipinski definition) is 3. The third kappa shape index (κ3) is 2.42. The van der Waals surface area contributed by atoms with E-state index in [4.69, 9.17) is 16.7 Å². The molecule has 3 N–H and O–H groups in total. The van der Waals surface area contributed by atoms with Gasteiger partial charge < -0.3 is 10.4 Å². The molecular formula is C14H14ClN3O2. The molecule has 0 bridgehead atoms. The summed E-state index contributed by atoms with van der Waals surface area (Å²) >= 11 is 6.24. The van der Waals surface area contributed by atoms with E-state index in [2.05, 4.69) is 15.5 Å². The predicted octanol–water partition coefficient (Wildman–Crippen LogP) is 2.54. The number of aromatic amines is 1. The van der Waals surface area contributed by atoms with Crippen molar-refractivity contribution in [2.75, 3.05) is 0 Å². The molecule has 1 fully saturated rings. The van der Waals surface area contributed by atoms with E-state index in [0.717, 1.165) is 29.1 Å². The summed E-state index contributed by atoms with van der Waals surface area (Å²) in [7, 11) is 0. The smallest absolute Gasteiger partial charge is 0.356 e. The number of nitrogens with zero attached hydrogens (tertiary/aromatic N) is 1. The van der Waals surface area contributed by atoms with Crippen LogP contribution in [-0.4, -0.2) is 21.3 Å². The summed E-state index contributed by atoms with van der Waals surface area (Å²) in [6, 6.07) is 9.34. The molecule has 1 aromatic carbocycles. The Morgan fingerprint density at radius 1 is 1.45 bits per heavy atom. The van der Waals surface area contributed by atoms with E-state index >= 15 is 0 Å². The highest BCUT2D eigenvalue weighted by molar-refractivity contribution is 6.31. The van der Waals surface area contributed by atoms with Gasteiger partial charge in [-0.3, -0.25) is 5.10 Å². The first-order valence-corrected chi connectivity index (χ1v) is 6.76. The molecule has 0 atom stereocenters. The predicted molar refractivity (Wildman–Crippen MR) is 74.8 cm³/mol. The summed E-state index contributed by atoms with van der Waals surface area (Å²) in [4.78, 5) is 10.8. The quantitative estimate of drug-likeness (QED) is 0.791. The van der Waals surface area contributed by atoms with Crippen molar-refractivity contribution in [3.8, 4) is 0 Å². The van der Waals surface area contributed by atoms with Crippen molar-refractivity contribution in [1.29, 1.82) is 0 Å². The van der Waals surface area contributed by atoms with Crippen LogP contribution in [0.15, 0.2) is 30.3 Å². The molecule has 1 saturated carbocycles. The van der Waals surface area contributed by atoms with Gasteiger partial charge >= 0.3 is 5.97 Å². The second kappa shape index (κ2) is 4.92. The summed E-state index contributed by atoms with van der Waals surface area (Å²) in [5, 5.41) is 19.5. The fourth-order valence-electron chi connectivity index (χ4n) is 2.34. The van der Waals surface area contributed by atoms with Gasteiger partial charge in [0.25, 0.3) is 0 Å². The number of nitrogens with one attached hydrogen (secondary N) is 2. The molecule has 1 aliphatic carbocycles. The number of hydrogen-bond acceptors (Lipinski definition) is 3. The molecule has 1 aromatic heterocycles. The van der Waals surface area contributed by atoms with Crippen LogP contribution in [0.3, 0.4) is 0 Å². The lowest BCUT2D eigenvalue weighted by Gasteiger charge is -2.18. The van der Waals surface area contributed by atoms with Gasteiger partial charge in [-0.2, -0.15) is 5.10 Å². The SMILES string of the molecule is O=C(O)c1cc(CNC2(c3ccccc3Cl)CC2)[nH]n1. The number of carboxylic acid groups (broad SMARTS) is 1. The zero-order chi connectivity index (χ0) is 14.2. The Morgan fingerprint density at radius 2 is 2.20 bits per heavy atom. The van der Waals surface area contributed by atoms with Crippen molar-refractivity contribution in [3.63, 3.8) is 0 Å². The molecule has 1 aliphatic rings. The number of halogens is 1. The summed E-state index contributed by atoms with van der Waals surface area (Å²) in [5.74, 6) is -1.03. The first-order valence-electron chi connectivity index (χ1n) is 6.38. The van der Waals surface area contributed by atoms with Crippen molar-refractivity contribution in [3.05, 3.63) is 52.3 Å². The van der Waals surface area contributed by atoms with Gasteiger partial charge in [-0.15, -0.1) is 0 Å². The lowest BCUT2D eigenvalue weighted by molar-refractivity contribution is 0.0690. The average Bonchev–Trinajstić information content (AvgIpc) is 3.06. The van der Waals surface area contributed by atoms with Crippen LogP contribution in [0.1, 0.15) is 34.6 Å². The molecule has 6 heteroatoms. The summed E-state index contributed by atoms with van der Waals surface area (Å²) in [6.45, 7) is 0.533. The zero-order valence-corrected chi connectivity index (χ0v) is 11.4. The Labute approximate surface area is 121 Å². The van der Waals surface area contributed by atoms with Gasteiger partial charge in [-0.05, 0) is 30.5 Å². The summed E-state index contributed by atoms with van der Waals surface area (Å²) < 4.78 is 0. The van der Waals surface area contributed by atoms with Crippen LogP contribution in [-0.2, 0) is 12.1 Å². The minimum Gasteiger partial charge on any atom is -0.476 e. The maximum absolute atomic E-state index is 10.8. The Balaban J connectivity index is 1.72. The van der Waals surface area contributed by atoms with E-state index < -0.39 is 5.97 Å². The van der Waals surface area contributed by atoms with Crippen molar-refractivity contribution >= 4 is 17.6 Å². The van der Waals surface area contributed by atoms with Gasteiger partial charge in [0.1, 0.15) is 0 Å². The minimum absolute atomic E-state index is 0.0318. The van der Waals surface area contributed by atoms with E-state index in [1.54, 1.807) is 0 Å². The van der Waals surface area contributed by atoms with Gasteiger partial charge in [-0.25, -0.2) is 4.79 Å². The van der Waals surface area contributed by atoms with Crippen molar-refractivity contribution < 1.29 is 9.90 Å². The van der Waals surface area contributed by atoms with Crippen molar-refractivity contribution in [2.45, 2.75) is 24.9 Å². The van der Waals surface area contributed by atoms with Gasteiger partial charge in [0.05, 0.1) is 0 Å². The topological polar surface area (TPSA) is 78.0 Å². The molecule has 3 rings (SSSR count). The lowest BCUT2D eigenvalue weighted by Crippen LogP contribution is -2.28. The average molecular weight is 292 g/mol. The van der Waals surface area contributed by atoms with Crippen molar-refractivity contribution in [2.24, 2.45) is 0 Å². The number of benzene rings is 1. The number of carboxylic acids is 1. The van der Waals surface area contributed by atoms with Gasteiger partial charge in [0, 0.05) is 22.8 Å². The maximum Gasteiger partial charge on any atom is 0.356 e. The van der Waals surface area contributed by atoms with E-state index in [1.165, 1.54) is 6.07 Å². The number of rotatable bonds is 5. The summed E-state index contributed by atoms with van der Waals surface area (Å²) in [5.41, 5.74) is 1.79. The summed E-state index contributed by atoms with van der Waals surface area (Å²) in [6.07, 6.45) is 2.05. The van der Waals surface area contributed by atoms with Crippen molar-refractivity contribution in [1.82, 2.24) is 15.5 Å². The maximum atomic E-state index is 10.8. The van der Waals surface area contributed by atoms with Gasteiger partial charge in [-0.1, -0.05) is 29.8 Å². The fourth-order valence-corrected chi connectivity index (χ4v) is 2.66. The van der Waals surface area contributed by atoms with E-state index in [1.807, 2.05) is 24.3 Å². The Bertz CT molecular complexity index is 649. The lowest BCUT2D eigenvalue weighted by atomic mass is 10.0. The molecule has 0 saturated heterocycles. The normalized spacial score (nSPS) is 16.1. The third-order valence-corrected chi connectivity index (χ3v) is 3.94. The molecule has 0 unspecified atom stereocenters. The molecule has 104 valence electrons. The largest absolute Gasteiger partial charge is 0.476 e. The number of aromatic nitrogens is 2. The van der Waals surface area contributed by atoms with Crippen LogP contribution in [0, 0.1) is 0 Å². The van der Waals surface area contributed by atoms with Crippen LogP contribution < -0.4 is 5.32 Å². The Kier molecular flexibility index (Phi) is 3.23. The molecule has 5 nitrogen and oxygen atoms in total. The molecule has 20 heavy (non-hydrogen) atoms. The van der Waals surface area contributed by atoms with Gasteiger partial charge in [0.2, 0.25) is 0 Å². The first-order chi connectivity index (χ1) is 9.61. The highest BCUT2D eigenvalue weighted by Crippen LogP contribution is 2.48. The molecule has 0 spiro atoms. The van der Waals surface area contributed by atoms with E-state index in [9.17, 15) is 4.79 Å². The third-order valence-electron chi connectivity index (χ3n) is 3.61. The van der Waals surface area contributed by atoms with Crippen LogP contribution in [0.25, 0.3) is 0 Å². The number of carbonyl (C=O) groups is 1. The monoisotopic (exact) mass is 291 g/mol. The molecule has 2 aromatic rings. The molecule has 0 aliphatic heterocycles. The molecule has 1 heterocycles. The van der Waals surface area contributed by atoms with E-state index in [0.29, 0.717) is 6.54 Å². The molecular weight excluding hydrogens is 278 g/mol. The van der Waals surface area contributed by atoms with Crippen LogP contribution in [0.2, 0.25) is 5.02 Å². The standard InChI is InChI=1S/C14H14ClN3O2/c15-11-4-2-1-3-10(11)14(5-6-14)16-8-9-7-12(13(19)20)18-17-9/h1-4,7,16H,5-6,8H2,(H,17,18)(H,19,20). The molecule has 0 amide bonds. The molecule has 0 radical (unpaired) electrons. The number of H-pyrrole nitrogens is 1. The highest BCUT2D eigenvalue weighted by atomic mass is 35.5. The minimum atomic E-state index is -1.03. The zero-order valence-electron chi connectivity index (χ0n) is 10.7. The highest BCUT2D eigenvalue weighted by Gasteiger charge is 2.45. The second-order valence-electron chi connectivity index (χ2n) is 5.00. The second-order valence-corrected chi connectivity index (χ2v) is 5.41. The Hall–Kier alpha value is -1.85. The number of aromatic carboxylic acids is 1.